The molecule has 0 spiro atoms. The molecule has 10 aromatic carbocycles. The van der Waals surface area contributed by atoms with E-state index in [1.165, 1.54) is 0 Å². The van der Waals surface area contributed by atoms with Gasteiger partial charge in [0, 0.05) is 14.5 Å². The van der Waals surface area contributed by atoms with Gasteiger partial charge in [-0.2, -0.15) is 0 Å². The number of halogens is 3. The number of benzene rings is 10. The molecule has 0 heterocycles. The van der Waals surface area contributed by atoms with E-state index in [1.54, 1.807) is 48.5 Å². The van der Waals surface area contributed by atoms with E-state index in [9.17, 15) is 10.0 Å². The van der Waals surface area contributed by atoms with E-state index in [1.807, 2.05) is 97.1 Å². The molecule has 0 amide bonds. The maximum Gasteiger partial charge on any atom is 0.489 e. The number of hydrogen-bond acceptors (Lipinski definition) is 2. The summed E-state index contributed by atoms with van der Waals surface area (Å²) in [6.45, 7) is 0. The summed E-state index contributed by atoms with van der Waals surface area (Å²) < 4.78 is 83.2. The van der Waals surface area contributed by atoms with Gasteiger partial charge in [0.25, 0.3) is 0 Å². The Labute approximate surface area is 370 Å². The molecule has 6 heteroatoms. The monoisotopic (exact) mass is 862 g/mol. The molecule has 0 saturated carbocycles. The Kier molecular flexibility index (Phi) is 8.81. The molecule has 0 saturated heterocycles. The maximum absolute atomic E-state index is 10.0. The van der Waals surface area contributed by atoms with Crippen LogP contribution in [0.2, 0.25) is 10.0 Å². The summed E-state index contributed by atoms with van der Waals surface area (Å²) in [4.78, 5) is 0. The smallest absolute Gasteiger partial charge is 0.423 e. The van der Waals surface area contributed by atoms with Gasteiger partial charge in [0.2, 0.25) is 0 Å². The first kappa shape index (κ1) is 28.6. The van der Waals surface area contributed by atoms with Gasteiger partial charge in [-0.25, -0.2) is 0 Å². The summed E-state index contributed by atoms with van der Waals surface area (Å²) in [6.07, 6.45) is 0. The Morgan fingerprint density at radius 3 is 1.09 bits per heavy atom. The predicted octanol–water partition coefficient (Wildman–Crippen LogP) is 14.4. The summed E-state index contributed by atoms with van der Waals surface area (Å²) >= 11 is 15.2. The van der Waals surface area contributed by atoms with Crippen molar-refractivity contribution >= 4 is 94.8 Å². The average molecular weight is 865 g/mol. The molecular formula is C52H36BBrCl2O2. The lowest BCUT2D eigenvalue weighted by molar-refractivity contribution is 0.426. The van der Waals surface area contributed by atoms with Gasteiger partial charge in [-0.3, -0.25) is 0 Å². The Morgan fingerprint density at radius 1 is 0.397 bits per heavy atom. The molecule has 58 heavy (non-hydrogen) atoms. The van der Waals surface area contributed by atoms with Crippen molar-refractivity contribution in [2.45, 2.75) is 0 Å². The van der Waals surface area contributed by atoms with Gasteiger partial charge in [0.15, 0.2) is 0 Å². The zero-order valence-electron chi connectivity index (χ0n) is 40.5. The SMILES string of the molecule is Clc1cccc(Br)c1.[2H]c1c([2H])c([2H])c(-c2c3ccccc3c(-c3cccc(Cl)c3)c3ccccc23)c([2H])c1[2H].[2H]c1c([2H])c([2H])c(-c2c3ccccc3c(B(O)O)c3ccccc23)c([2H])c1[2H]. The molecule has 0 atom stereocenters. The summed E-state index contributed by atoms with van der Waals surface area (Å²) in [5.41, 5.74) is 3.69. The lowest BCUT2D eigenvalue weighted by Gasteiger charge is -2.17. The molecule has 0 fully saturated rings. The van der Waals surface area contributed by atoms with Gasteiger partial charge in [-0.1, -0.05) is 215 Å². The third-order valence-corrected chi connectivity index (χ3v) is 10.5. The van der Waals surface area contributed by atoms with Gasteiger partial charge in [-0.15, -0.1) is 0 Å². The molecule has 0 unspecified atom stereocenters. The molecule has 0 aliphatic rings. The van der Waals surface area contributed by atoms with E-state index < -0.39 is 31.3 Å². The second kappa shape index (κ2) is 17.8. The summed E-state index contributed by atoms with van der Waals surface area (Å²) in [7, 11) is -1.72. The van der Waals surface area contributed by atoms with Crippen molar-refractivity contribution in [2.24, 2.45) is 0 Å². The van der Waals surface area contributed by atoms with Gasteiger partial charge in [-0.05, 0) is 112 Å². The second-order valence-electron chi connectivity index (χ2n) is 13.0. The van der Waals surface area contributed by atoms with Gasteiger partial charge < -0.3 is 10.0 Å². The Balaban J connectivity index is 0.000000159. The normalized spacial score (nSPS) is 13.3. The first-order chi connectivity index (χ1) is 32.5. The van der Waals surface area contributed by atoms with Crippen molar-refractivity contribution < 1.29 is 23.8 Å². The molecule has 2 nitrogen and oxygen atoms in total. The van der Waals surface area contributed by atoms with Gasteiger partial charge in [0.05, 0.1) is 13.7 Å². The molecule has 0 aliphatic heterocycles. The van der Waals surface area contributed by atoms with Crippen LogP contribution >= 0.6 is 39.1 Å². The lowest BCUT2D eigenvalue weighted by atomic mass is 9.72. The summed E-state index contributed by atoms with van der Waals surface area (Å²) in [6, 6.07) is 41.4. The van der Waals surface area contributed by atoms with Gasteiger partial charge >= 0.3 is 7.12 Å². The topological polar surface area (TPSA) is 40.5 Å². The van der Waals surface area contributed by atoms with Crippen LogP contribution in [-0.4, -0.2) is 17.2 Å². The van der Waals surface area contributed by atoms with E-state index >= 15 is 0 Å². The van der Waals surface area contributed by atoms with E-state index in [-0.39, 0.29) is 47.4 Å². The maximum atomic E-state index is 10.0. The highest BCUT2D eigenvalue weighted by Crippen LogP contribution is 2.44. The fourth-order valence-electron chi connectivity index (χ4n) is 7.27. The van der Waals surface area contributed by atoms with Crippen molar-refractivity contribution in [2.75, 3.05) is 0 Å². The van der Waals surface area contributed by atoms with Crippen LogP contribution in [0.4, 0.5) is 0 Å². The largest absolute Gasteiger partial charge is 0.489 e. The minimum atomic E-state index is -1.72. The fourth-order valence-corrected chi connectivity index (χ4v) is 8.18. The number of rotatable bonds is 4. The Hall–Kier alpha value is -5.72. The van der Waals surface area contributed by atoms with Crippen LogP contribution in [0.15, 0.2) is 210 Å². The van der Waals surface area contributed by atoms with Crippen molar-refractivity contribution in [3.05, 3.63) is 221 Å². The third-order valence-electron chi connectivity index (χ3n) is 9.56. The van der Waals surface area contributed by atoms with Gasteiger partial charge in [0.1, 0.15) is 0 Å². The van der Waals surface area contributed by atoms with E-state index in [0.717, 1.165) is 42.2 Å². The van der Waals surface area contributed by atoms with Crippen LogP contribution in [0, 0.1) is 0 Å². The van der Waals surface area contributed by atoms with Crippen molar-refractivity contribution in [3.8, 4) is 33.4 Å². The lowest BCUT2D eigenvalue weighted by Crippen LogP contribution is -2.31. The van der Waals surface area contributed by atoms with Crippen molar-refractivity contribution in [1.29, 1.82) is 0 Å². The van der Waals surface area contributed by atoms with Crippen molar-refractivity contribution in [3.63, 3.8) is 0 Å². The molecule has 0 aromatic heterocycles. The van der Waals surface area contributed by atoms with Crippen LogP contribution in [0.25, 0.3) is 76.5 Å². The van der Waals surface area contributed by atoms with Crippen LogP contribution < -0.4 is 5.46 Å². The predicted molar refractivity (Wildman–Crippen MR) is 253 cm³/mol. The Bertz CT molecular complexity index is 3440. The molecule has 280 valence electrons. The van der Waals surface area contributed by atoms with E-state index in [2.05, 4.69) is 15.9 Å². The van der Waals surface area contributed by atoms with Crippen LogP contribution in [0.3, 0.4) is 0 Å². The molecule has 0 bridgehead atoms. The highest BCUT2D eigenvalue weighted by molar-refractivity contribution is 9.10. The third kappa shape index (κ3) is 8.17. The fraction of sp³-hybridized carbons (Fsp3) is 0. The number of fused-ring (bicyclic) bond motifs is 4. The van der Waals surface area contributed by atoms with Crippen LogP contribution in [0.5, 0.6) is 0 Å². The minimum Gasteiger partial charge on any atom is -0.423 e. The Morgan fingerprint density at radius 2 is 0.741 bits per heavy atom. The summed E-state index contributed by atoms with van der Waals surface area (Å²) in [5, 5.41) is 27.2. The molecule has 0 aliphatic carbocycles. The quantitative estimate of drug-likeness (QED) is 0.137. The summed E-state index contributed by atoms with van der Waals surface area (Å²) in [5.74, 6) is 0. The molecule has 2 N–H and O–H groups in total. The highest BCUT2D eigenvalue weighted by atomic mass is 79.9. The van der Waals surface area contributed by atoms with Crippen LogP contribution in [0.1, 0.15) is 13.7 Å². The van der Waals surface area contributed by atoms with Crippen LogP contribution in [-0.2, 0) is 0 Å². The standard InChI is InChI=1S/C26H17Cl.C20H15BO2.C6H4BrCl/c27-20-12-8-11-19(17-20)26-23-15-6-4-13-21(23)25(18-9-2-1-3-10-18)22-14-5-7-16-24(22)26;22-21(23)20-17-12-6-4-10-15(17)19(14-8-2-1-3-9-14)16-11-5-7-13-18(16)20;7-5-2-1-3-6(8)4-5/h1-17H;1-13,22-23H;1-4H/i1D,2D,3D,9D,10D;1D,2D,3D,8D,9D;. The zero-order chi connectivity index (χ0) is 48.7. The van der Waals surface area contributed by atoms with E-state index in [0.29, 0.717) is 43.2 Å². The molecule has 10 rings (SSSR count). The highest BCUT2D eigenvalue weighted by Gasteiger charge is 2.22. The van der Waals surface area contributed by atoms with E-state index in [4.69, 9.17) is 36.9 Å². The average Bonchev–Trinajstić information content (AvgIpc) is 3.33. The molecule has 10 aromatic rings. The second-order valence-corrected chi connectivity index (χ2v) is 14.8. The molecule has 0 radical (unpaired) electrons. The number of hydrogen-bond donors (Lipinski definition) is 2. The molecular weight excluding hydrogens is 818 g/mol. The first-order valence-corrected chi connectivity index (χ1v) is 19.6. The van der Waals surface area contributed by atoms with Crippen molar-refractivity contribution in [1.82, 2.24) is 0 Å². The zero-order valence-corrected chi connectivity index (χ0v) is 33.6. The first-order valence-electron chi connectivity index (χ1n) is 23.1. The minimum absolute atomic E-state index is 0.0948.